The molecular formula is C21H27NO2. The van der Waals surface area contributed by atoms with Gasteiger partial charge in [0.1, 0.15) is 0 Å². The Morgan fingerprint density at radius 2 is 1.75 bits per heavy atom. The third kappa shape index (κ3) is 3.41. The molecule has 2 atom stereocenters. The number of nitrogens with one attached hydrogen (secondary N) is 1. The molecule has 1 N–H and O–H groups in total. The second-order valence-electron chi connectivity index (χ2n) is 6.46. The monoisotopic (exact) mass is 325 g/mol. The molecular weight excluding hydrogens is 298 g/mol. The predicted octanol–water partition coefficient (Wildman–Crippen LogP) is 4.50. The predicted molar refractivity (Wildman–Crippen MR) is 98.0 cm³/mol. The number of methoxy groups -OCH3 is 2. The van der Waals surface area contributed by atoms with E-state index in [-0.39, 0.29) is 6.04 Å². The van der Waals surface area contributed by atoms with Crippen molar-refractivity contribution in [2.75, 3.05) is 14.2 Å². The fraction of sp³-hybridized carbons (Fsp3) is 0.429. The van der Waals surface area contributed by atoms with Crippen molar-refractivity contribution in [2.24, 2.45) is 0 Å². The zero-order chi connectivity index (χ0) is 16.9. The van der Waals surface area contributed by atoms with Crippen molar-refractivity contribution in [1.82, 2.24) is 5.32 Å². The van der Waals surface area contributed by atoms with Crippen LogP contribution in [0.2, 0.25) is 0 Å². The zero-order valence-corrected chi connectivity index (χ0v) is 14.8. The molecule has 128 valence electrons. The Kier molecular flexibility index (Phi) is 5.41. The lowest BCUT2D eigenvalue weighted by molar-refractivity contribution is 0.349. The van der Waals surface area contributed by atoms with E-state index in [2.05, 4.69) is 54.7 Å². The third-order valence-corrected chi connectivity index (χ3v) is 4.86. The minimum Gasteiger partial charge on any atom is -0.493 e. The van der Waals surface area contributed by atoms with Crippen LogP contribution in [-0.4, -0.2) is 20.3 Å². The highest BCUT2D eigenvalue weighted by molar-refractivity contribution is 5.51. The number of ether oxygens (including phenoxy) is 2. The number of benzene rings is 2. The van der Waals surface area contributed by atoms with E-state index in [4.69, 9.17) is 9.47 Å². The van der Waals surface area contributed by atoms with Crippen molar-refractivity contribution < 1.29 is 9.47 Å². The van der Waals surface area contributed by atoms with Gasteiger partial charge in [0.25, 0.3) is 0 Å². The number of rotatable bonds is 6. The first-order valence-electron chi connectivity index (χ1n) is 8.82. The lowest BCUT2D eigenvalue weighted by Gasteiger charge is -2.34. The van der Waals surface area contributed by atoms with Gasteiger partial charge in [0.05, 0.1) is 20.3 Å². The second-order valence-corrected chi connectivity index (χ2v) is 6.46. The Morgan fingerprint density at radius 3 is 2.42 bits per heavy atom. The first-order chi connectivity index (χ1) is 11.8. The van der Waals surface area contributed by atoms with Crippen molar-refractivity contribution in [1.29, 1.82) is 0 Å². The van der Waals surface area contributed by atoms with Gasteiger partial charge in [-0.15, -0.1) is 0 Å². The molecule has 0 aliphatic carbocycles. The Bertz CT molecular complexity index is 669. The highest BCUT2D eigenvalue weighted by atomic mass is 16.5. The maximum atomic E-state index is 5.53. The molecule has 2 aromatic carbocycles. The molecule has 0 bridgehead atoms. The molecule has 1 aliphatic rings. The molecule has 0 saturated heterocycles. The summed E-state index contributed by atoms with van der Waals surface area (Å²) in [6, 6.07) is 15.7. The van der Waals surface area contributed by atoms with E-state index in [1.54, 1.807) is 14.2 Å². The van der Waals surface area contributed by atoms with Gasteiger partial charge in [-0.05, 0) is 41.7 Å². The van der Waals surface area contributed by atoms with Crippen LogP contribution in [0.5, 0.6) is 11.5 Å². The van der Waals surface area contributed by atoms with E-state index < -0.39 is 0 Å². The van der Waals surface area contributed by atoms with Gasteiger partial charge < -0.3 is 14.8 Å². The Labute approximate surface area is 145 Å². The maximum absolute atomic E-state index is 5.53. The molecule has 0 unspecified atom stereocenters. The topological polar surface area (TPSA) is 30.5 Å². The van der Waals surface area contributed by atoms with Gasteiger partial charge in [-0.2, -0.15) is 0 Å². The maximum Gasteiger partial charge on any atom is 0.161 e. The smallest absolute Gasteiger partial charge is 0.161 e. The van der Waals surface area contributed by atoms with Gasteiger partial charge in [-0.25, -0.2) is 0 Å². The summed E-state index contributed by atoms with van der Waals surface area (Å²) in [6.07, 6.45) is 4.72. The molecule has 0 radical (unpaired) electrons. The lowest BCUT2D eigenvalue weighted by atomic mass is 9.85. The largest absolute Gasteiger partial charge is 0.493 e. The summed E-state index contributed by atoms with van der Waals surface area (Å²) in [6.45, 7) is 2.25. The summed E-state index contributed by atoms with van der Waals surface area (Å²) in [7, 11) is 3.40. The van der Waals surface area contributed by atoms with E-state index in [1.165, 1.54) is 36.0 Å². The Morgan fingerprint density at radius 1 is 1.04 bits per heavy atom. The molecule has 3 nitrogen and oxygen atoms in total. The lowest BCUT2D eigenvalue weighted by Crippen LogP contribution is -2.40. The van der Waals surface area contributed by atoms with Crippen molar-refractivity contribution in [3.05, 3.63) is 59.2 Å². The second kappa shape index (κ2) is 7.71. The summed E-state index contributed by atoms with van der Waals surface area (Å²) < 4.78 is 11.0. The minimum atomic E-state index is 0.205. The summed E-state index contributed by atoms with van der Waals surface area (Å²) in [5, 5.41) is 3.85. The minimum absolute atomic E-state index is 0.205. The molecule has 3 heteroatoms. The average molecular weight is 325 g/mol. The summed E-state index contributed by atoms with van der Waals surface area (Å²) in [5.74, 6) is 1.62. The van der Waals surface area contributed by atoms with Crippen LogP contribution in [0.1, 0.15) is 48.9 Å². The van der Waals surface area contributed by atoms with Crippen molar-refractivity contribution >= 4 is 0 Å². The quantitative estimate of drug-likeness (QED) is 0.848. The van der Waals surface area contributed by atoms with E-state index in [0.717, 1.165) is 17.9 Å². The summed E-state index contributed by atoms with van der Waals surface area (Å²) >= 11 is 0. The summed E-state index contributed by atoms with van der Waals surface area (Å²) in [5.41, 5.74) is 3.96. The van der Waals surface area contributed by atoms with Crippen LogP contribution >= 0.6 is 0 Å². The average Bonchev–Trinajstić information content (AvgIpc) is 2.65. The van der Waals surface area contributed by atoms with Crippen LogP contribution in [-0.2, 0) is 6.42 Å². The molecule has 0 fully saturated rings. The van der Waals surface area contributed by atoms with E-state index in [1.807, 2.05) is 0 Å². The van der Waals surface area contributed by atoms with Gasteiger partial charge in [0, 0.05) is 6.04 Å². The van der Waals surface area contributed by atoms with Crippen LogP contribution in [0, 0.1) is 0 Å². The van der Waals surface area contributed by atoms with E-state index in [0.29, 0.717) is 6.04 Å². The van der Waals surface area contributed by atoms with Crippen molar-refractivity contribution in [2.45, 2.75) is 44.7 Å². The molecule has 1 aliphatic heterocycles. The van der Waals surface area contributed by atoms with Crippen LogP contribution < -0.4 is 14.8 Å². The summed E-state index contributed by atoms with van der Waals surface area (Å²) in [4.78, 5) is 0. The molecule has 0 spiro atoms. The number of hydrogen-bond donors (Lipinski definition) is 1. The van der Waals surface area contributed by atoms with Gasteiger partial charge in [0.15, 0.2) is 11.5 Å². The fourth-order valence-corrected chi connectivity index (χ4v) is 3.59. The van der Waals surface area contributed by atoms with Crippen LogP contribution in [0.4, 0.5) is 0 Å². The van der Waals surface area contributed by atoms with Gasteiger partial charge in [-0.3, -0.25) is 0 Å². The molecule has 24 heavy (non-hydrogen) atoms. The van der Waals surface area contributed by atoms with Crippen molar-refractivity contribution in [3.63, 3.8) is 0 Å². The van der Waals surface area contributed by atoms with E-state index in [9.17, 15) is 0 Å². The standard InChI is InChI=1S/C21H27NO2/c1-4-5-11-17-12-16-13-19(23-2)20(24-3)14-18(16)21(22-17)15-9-7-6-8-10-15/h6-10,13-14,17,21-22H,4-5,11-12H2,1-3H3/t17-,21-/m1/s1. The van der Waals surface area contributed by atoms with Crippen molar-refractivity contribution in [3.8, 4) is 11.5 Å². The Balaban J connectivity index is 2.02. The zero-order valence-electron chi connectivity index (χ0n) is 14.8. The number of unbranched alkanes of at least 4 members (excludes halogenated alkanes) is 1. The molecule has 1 heterocycles. The molecule has 2 aromatic rings. The van der Waals surface area contributed by atoms with Crippen LogP contribution in [0.25, 0.3) is 0 Å². The normalized spacial score (nSPS) is 19.6. The van der Waals surface area contributed by atoms with Crippen LogP contribution in [0.15, 0.2) is 42.5 Å². The van der Waals surface area contributed by atoms with Gasteiger partial charge in [-0.1, -0.05) is 50.1 Å². The first kappa shape index (κ1) is 16.8. The fourth-order valence-electron chi connectivity index (χ4n) is 3.59. The van der Waals surface area contributed by atoms with Gasteiger partial charge >= 0.3 is 0 Å². The molecule has 0 saturated carbocycles. The first-order valence-corrected chi connectivity index (χ1v) is 8.82. The highest BCUT2D eigenvalue weighted by Gasteiger charge is 2.28. The number of hydrogen-bond acceptors (Lipinski definition) is 3. The number of fused-ring (bicyclic) bond motifs is 1. The SMILES string of the molecule is CCCC[C@@H]1Cc2cc(OC)c(OC)cc2[C@@H](c2ccccc2)N1. The van der Waals surface area contributed by atoms with Crippen LogP contribution in [0.3, 0.4) is 0 Å². The molecule has 3 rings (SSSR count). The van der Waals surface area contributed by atoms with Gasteiger partial charge in [0.2, 0.25) is 0 Å². The highest BCUT2D eigenvalue weighted by Crippen LogP contribution is 2.39. The third-order valence-electron chi connectivity index (χ3n) is 4.86. The molecule has 0 aromatic heterocycles. The Hall–Kier alpha value is -2.00. The van der Waals surface area contributed by atoms with E-state index >= 15 is 0 Å². The molecule has 0 amide bonds.